The number of aromatic nitrogens is 2. The van der Waals surface area contributed by atoms with Gasteiger partial charge in [0.2, 0.25) is 0 Å². The molecule has 0 spiro atoms. The minimum absolute atomic E-state index is 0.190. The fraction of sp³-hybridized carbons (Fsp3) is 0. The predicted octanol–water partition coefficient (Wildman–Crippen LogP) is 2.16. The van der Waals surface area contributed by atoms with Crippen LogP contribution in [0.25, 0.3) is 21.8 Å². The van der Waals surface area contributed by atoms with Crippen molar-refractivity contribution in [3.05, 3.63) is 68.2 Å². The second-order valence-electron chi connectivity index (χ2n) is 4.41. The Morgan fingerprint density at radius 3 is 2.21 bits per heavy atom. The van der Waals surface area contributed by atoms with Gasteiger partial charge in [-0.3, -0.25) is 9.59 Å². The van der Waals surface area contributed by atoms with Crippen molar-refractivity contribution in [3.8, 4) is 0 Å². The van der Waals surface area contributed by atoms with E-state index in [1.165, 1.54) is 9.03 Å². The van der Waals surface area contributed by atoms with Crippen LogP contribution in [0.15, 0.2) is 52.1 Å². The molecule has 0 atom stereocenters. The Morgan fingerprint density at radius 2 is 1.42 bits per heavy atom. The van der Waals surface area contributed by atoms with E-state index in [0.29, 0.717) is 26.8 Å². The van der Waals surface area contributed by atoms with E-state index in [9.17, 15) is 9.59 Å². The lowest BCUT2D eigenvalue weighted by Crippen LogP contribution is -2.13. The van der Waals surface area contributed by atoms with Crippen molar-refractivity contribution in [3.63, 3.8) is 0 Å². The van der Waals surface area contributed by atoms with Crippen LogP contribution in [0, 0.1) is 0 Å². The maximum atomic E-state index is 12.4. The Balaban J connectivity index is 2.47. The lowest BCUT2D eigenvalue weighted by molar-refractivity contribution is 0.851. The van der Waals surface area contributed by atoms with E-state index in [0.717, 1.165) is 0 Å². The molecule has 0 N–H and O–H groups in total. The van der Waals surface area contributed by atoms with E-state index in [2.05, 4.69) is 0 Å². The zero-order valence-electron chi connectivity index (χ0n) is 9.63. The molecule has 2 aromatic carbocycles. The number of para-hydroxylation sites is 1. The second kappa shape index (κ2) is 3.36. The van der Waals surface area contributed by atoms with Crippen LogP contribution in [-0.2, 0) is 0 Å². The molecule has 5 heteroatoms. The van der Waals surface area contributed by atoms with E-state index in [1.807, 2.05) is 0 Å². The lowest BCUT2D eigenvalue weighted by atomic mass is 10.2. The van der Waals surface area contributed by atoms with Crippen LogP contribution in [0.3, 0.4) is 0 Å². The minimum Gasteiger partial charge on any atom is -0.267 e. The van der Waals surface area contributed by atoms with Crippen LogP contribution < -0.4 is 11.1 Å². The Morgan fingerprint density at radius 1 is 0.789 bits per heavy atom. The first-order valence-corrected chi connectivity index (χ1v) is 6.14. The molecule has 0 aliphatic carbocycles. The minimum atomic E-state index is -0.226. The summed E-state index contributed by atoms with van der Waals surface area (Å²) >= 11 is 5.91. The zero-order valence-corrected chi connectivity index (χ0v) is 10.4. The number of benzene rings is 2. The number of rotatable bonds is 0. The summed E-state index contributed by atoms with van der Waals surface area (Å²) in [5.41, 5.74) is 0.779. The van der Waals surface area contributed by atoms with Crippen molar-refractivity contribution in [2.45, 2.75) is 0 Å². The number of nitrogens with zero attached hydrogens (tertiary/aromatic N) is 2. The Labute approximate surface area is 111 Å². The van der Waals surface area contributed by atoms with Crippen LogP contribution >= 0.6 is 11.6 Å². The molecule has 0 saturated heterocycles. The lowest BCUT2D eigenvalue weighted by Gasteiger charge is -1.90. The van der Waals surface area contributed by atoms with E-state index in [-0.39, 0.29) is 11.1 Å². The van der Waals surface area contributed by atoms with E-state index in [1.54, 1.807) is 42.5 Å². The Hall–Kier alpha value is -2.33. The van der Waals surface area contributed by atoms with Gasteiger partial charge in [-0.05, 0) is 30.3 Å². The van der Waals surface area contributed by atoms with Gasteiger partial charge < -0.3 is 0 Å². The highest BCUT2D eigenvalue weighted by molar-refractivity contribution is 6.31. The largest absolute Gasteiger partial charge is 0.279 e. The average molecular weight is 271 g/mol. The molecule has 0 amide bonds. The van der Waals surface area contributed by atoms with Gasteiger partial charge in [-0.15, -0.1) is 0 Å². The number of hydrogen-bond donors (Lipinski definition) is 0. The highest BCUT2D eigenvalue weighted by atomic mass is 35.5. The summed E-state index contributed by atoms with van der Waals surface area (Å²) in [6, 6.07) is 12.0. The molecule has 92 valence electrons. The van der Waals surface area contributed by atoms with Crippen LogP contribution in [0.2, 0.25) is 5.02 Å². The number of halogens is 1. The smallest absolute Gasteiger partial charge is 0.267 e. The van der Waals surface area contributed by atoms with Crippen molar-refractivity contribution < 1.29 is 0 Å². The van der Waals surface area contributed by atoms with Crippen molar-refractivity contribution in [2.24, 2.45) is 0 Å². The molecule has 0 fully saturated rings. The molecule has 4 nitrogen and oxygen atoms in total. The third kappa shape index (κ3) is 1.19. The van der Waals surface area contributed by atoms with Gasteiger partial charge in [0, 0.05) is 5.02 Å². The molecule has 0 saturated carbocycles. The fourth-order valence-electron chi connectivity index (χ4n) is 2.55. The molecule has 0 unspecified atom stereocenters. The average Bonchev–Trinajstić information content (AvgIpc) is 2.87. The van der Waals surface area contributed by atoms with Crippen LogP contribution in [0.1, 0.15) is 0 Å². The molecule has 19 heavy (non-hydrogen) atoms. The molecule has 2 heterocycles. The summed E-state index contributed by atoms with van der Waals surface area (Å²) in [5.74, 6) is 0. The first kappa shape index (κ1) is 10.6. The maximum Gasteiger partial charge on any atom is 0.279 e. The summed E-state index contributed by atoms with van der Waals surface area (Å²) in [5, 5.41) is 1.47. The highest BCUT2D eigenvalue weighted by Crippen LogP contribution is 2.18. The van der Waals surface area contributed by atoms with Gasteiger partial charge in [0.15, 0.2) is 0 Å². The van der Waals surface area contributed by atoms with Gasteiger partial charge in [0.25, 0.3) is 11.1 Å². The van der Waals surface area contributed by atoms with Gasteiger partial charge in [-0.2, -0.15) is 0 Å². The topological polar surface area (TPSA) is 43.0 Å². The van der Waals surface area contributed by atoms with Gasteiger partial charge in [-0.25, -0.2) is 9.03 Å². The normalized spacial score (nSPS) is 11.8. The third-order valence-electron chi connectivity index (χ3n) is 3.36. The van der Waals surface area contributed by atoms with Gasteiger partial charge in [0.1, 0.15) is 0 Å². The second-order valence-corrected chi connectivity index (χ2v) is 4.85. The summed E-state index contributed by atoms with van der Waals surface area (Å²) < 4.78 is 2.80. The Kier molecular flexibility index (Phi) is 1.87. The van der Waals surface area contributed by atoms with Crippen molar-refractivity contribution in [2.75, 3.05) is 0 Å². The molecule has 2 aromatic heterocycles. The standard InChI is InChI=1S/C14H7ClN2O2/c15-8-5-6-12-10(7-8)14(19)16-11-4-2-1-3-9(11)13(18)17(12)16/h1-7H. The van der Waals surface area contributed by atoms with Gasteiger partial charge in [0.05, 0.1) is 21.8 Å². The highest BCUT2D eigenvalue weighted by Gasteiger charge is 2.16. The van der Waals surface area contributed by atoms with E-state index >= 15 is 0 Å². The molecule has 4 aromatic rings. The van der Waals surface area contributed by atoms with E-state index in [4.69, 9.17) is 11.6 Å². The molecule has 0 bridgehead atoms. The van der Waals surface area contributed by atoms with Crippen LogP contribution in [0.5, 0.6) is 0 Å². The summed E-state index contributed by atoms with van der Waals surface area (Å²) in [6.07, 6.45) is 0. The van der Waals surface area contributed by atoms with Crippen LogP contribution in [0.4, 0.5) is 0 Å². The molecular formula is C14H7ClN2O2. The van der Waals surface area contributed by atoms with Crippen molar-refractivity contribution in [1.29, 1.82) is 0 Å². The van der Waals surface area contributed by atoms with E-state index < -0.39 is 0 Å². The third-order valence-corrected chi connectivity index (χ3v) is 3.60. The zero-order chi connectivity index (χ0) is 13.1. The molecule has 4 rings (SSSR count). The molecule has 0 aliphatic rings. The fourth-order valence-corrected chi connectivity index (χ4v) is 2.72. The van der Waals surface area contributed by atoms with Crippen molar-refractivity contribution in [1.82, 2.24) is 9.03 Å². The molecular weight excluding hydrogens is 264 g/mol. The maximum absolute atomic E-state index is 12.4. The first-order valence-electron chi connectivity index (χ1n) is 5.76. The summed E-state index contributed by atoms with van der Waals surface area (Å²) in [4.78, 5) is 24.8. The van der Waals surface area contributed by atoms with Gasteiger partial charge in [-0.1, -0.05) is 23.7 Å². The number of hydrogen-bond acceptors (Lipinski definition) is 2. The monoisotopic (exact) mass is 270 g/mol. The molecule has 0 aliphatic heterocycles. The van der Waals surface area contributed by atoms with Crippen LogP contribution in [-0.4, -0.2) is 9.03 Å². The Bertz CT molecular complexity index is 1060. The molecule has 0 radical (unpaired) electrons. The number of fused-ring (bicyclic) bond motifs is 5. The van der Waals surface area contributed by atoms with Crippen molar-refractivity contribution >= 4 is 33.4 Å². The quantitative estimate of drug-likeness (QED) is 0.491. The SMILES string of the molecule is O=c1c2cc(Cl)ccc2n2c(=O)c3ccccc3n12. The first-order chi connectivity index (χ1) is 9.18. The summed E-state index contributed by atoms with van der Waals surface area (Å²) in [6.45, 7) is 0. The predicted molar refractivity (Wildman–Crippen MR) is 74.6 cm³/mol. The van der Waals surface area contributed by atoms with Gasteiger partial charge >= 0.3 is 0 Å². The summed E-state index contributed by atoms with van der Waals surface area (Å²) in [7, 11) is 0.